The number of amides is 1. The van der Waals surface area contributed by atoms with Crippen LogP contribution in [-0.2, 0) is 9.53 Å². The van der Waals surface area contributed by atoms with Crippen molar-refractivity contribution in [1.82, 2.24) is 0 Å². The van der Waals surface area contributed by atoms with Crippen molar-refractivity contribution >= 4 is 40.8 Å². The van der Waals surface area contributed by atoms with Crippen molar-refractivity contribution in [2.45, 2.75) is 13.3 Å². The molecule has 1 amide bonds. The van der Waals surface area contributed by atoms with Gasteiger partial charge in [0.2, 0.25) is 0 Å². The first kappa shape index (κ1) is 21.8. The molecule has 28 heavy (non-hydrogen) atoms. The number of esters is 1. The molecule has 0 saturated carbocycles. The van der Waals surface area contributed by atoms with Crippen molar-refractivity contribution in [3.63, 3.8) is 0 Å². The fraction of sp³-hybridized carbons (Fsp3) is 0.263. The Hall–Kier alpha value is -2.51. The van der Waals surface area contributed by atoms with Crippen LogP contribution < -0.4 is 14.8 Å². The summed E-state index contributed by atoms with van der Waals surface area (Å²) in [4.78, 5) is 24.1. The van der Waals surface area contributed by atoms with Crippen molar-refractivity contribution in [3.05, 3.63) is 51.8 Å². The van der Waals surface area contributed by atoms with E-state index in [2.05, 4.69) is 5.32 Å². The van der Waals surface area contributed by atoms with Gasteiger partial charge < -0.3 is 19.5 Å². The summed E-state index contributed by atoms with van der Waals surface area (Å²) in [6, 6.07) is 6.45. The third-order valence-electron chi connectivity index (χ3n) is 3.45. The highest BCUT2D eigenvalue weighted by atomic mass is 35.5. The van der Waals surface area contributed by atoms with E-state index in [1.54, 1.807) is 0 Å². The lowest BCUT2D eigenvalue weighted by Crippen LogP contribution is -2.21. The summed E-state index contributed by atoms with van der Waals surface area (Å²) in [6.45, 7) is 1.74. The predicted molar refractivity (Wildman–Crippen MR) is 104 cm³/mol. The first-order chi connectivity index (χ1) is 13.3. The van der Waals surface area contributed by atoms with Gasteiger partial charge in [0.1, 0.15) is 5.82 Å². The van der Waals surface area contributed by atoms with Gasteiger partial charge in [0.25, 0.3) is 5.91 Å². The van der Waals surface area contributed by atoms with Crippen molar-refractivity contribution in [2.75, 3.05) is 25.6 Å². The fourth-order valence-electron chi connectivity index (χ4n) is 2.18. The van der Waals surface area contributed by atoms with Crippen LogP contribution in [0.25, 0.3) is 0 Å². The minimum Gasteiger partial charge on any atom is -0.493 e. The Kier molecular flexibility index (Phi) is 7.90. The molecule has 0 aliphatic rings. The molecule has 0 unspecified atom stereocenters. The first-order valence-electron chi connectivity index (χ1n) is 8.28. The lowest BCUT2D eigenvalue weighted by atomic mass is 10.2. The molecule has 0 saturated heterocycles. The largest absolute Gasteiger partial charge is 0.493 e. The van der Waals surface area contributed by atoms with Crippen LogP contribution in [0.15, 0.2) is 30.3 Å². The molecule has 2 rings (SSSR count). The molecule has 0 atom stereocenters. The van der Waals surface area contributed by atoms with E-state index in [1.807, 2.05) is 6.92 Å². The van der Waals surface area contributed by atoms with Gasteiger partial charge in [-0.2, -0.15) is 0 Å². The molecule has 0 heterocycles. The first-order valence-corrected chi connectivity index (χ1v) is 9.03. The fourth-order valence-corrected chi connectivity index (χ4v) is 2.61. The number of hydrogen-bond donors (Lipinski definition) is 1. The molecular weight excluding hydrogens is 412 g/mol. The molecule has 0 radical (unpaired) electrons. The molecule has 0 bridgehead atoms. The van der Waals surface area contributed by atoms with E-state index in [4.69, 9.17) is 37.4 Å². The van der Waals surface area contributed by atoms with Gasteiger partial charge in [-0.25, -0.2) is 9.18 Å². The zero-order valence-electron chi connectivity index (χ0n) is 15.2. The van der Waals surface area contributed by atoms with Crippen molar-refractivity contribution in [2.24, 2.45) is 0 Å². The smallest absolute Gasteiger partial charge is 0.338 e. The van der Waals surface area contributed by atoms with Gasteiger partial charge in [0.05, 0.1) is 30.0 Å². The SMILES string of the molecule is CCCOc1c(Cl)cc(C(=O)OCC(=O)Nc2cc(Cl)ccc2F)cc1OC. The number of methoxy groups -OCH3 is 1. The highest BCUT2D eigenvalue weighted by molar-refractivity contribution is 6.32. The average molecular weight is 430 g/mol. The number of rotatable bonds is 8. The van der Waals surface area contributed by atoms with E-state index in [0.29, 0.717) is 12.4 Å². The molecular formula is C19H18Cl2FNO5. The number of anilines is 1. The molecule has 0 aliphatic heterocycles. The van der Waals surface area contributed by atoms with Crippen molar-refractivity contribution in [1.29, 1.82) is 0 Å². The molecule has 150 valence electrons. The summed E-state index contributed by atoms with van der Waals surface area (Å²) in [5, 5.41) is 2.70. The monoisotopic (exact) mass is 429 g/mol. The molecule has 2 aromatic rings. The molecule has 0 spiro atoms. The van der Waals surface area contributed by atoms with Crippen molar-refractivity contribution in [3.8, 4) is 11.5 Å². The molecule has 0 aliphatic carbocycles. The van der Waals surface area contributed by atoms with Gasteiger partial charge in [-0.15, -0.1) is 0 Å². The van der Waals surface area contributed by atoms with Crippen LogP contribution in [0.1, 0.15) is 23.7 Å². The van der Waals surface area contributed by atoms with Crippen LogP contribution in [0, 0.1) is 5.82 Å². The van der Waals surface area contributed by atoms with E-state index < -0.39 is 24.3 Å². The Balaban J connectivity index is 2.03. The highest BCUT2D eigenvalue weighted by Crippen LogP contribution is 2.36. The summed E-state index contributed by atoms with van der Waals surface area (Å²) >= 11 is 11.9. The Morgan fingerprint density at radius 1 is 1.18 bits per heavy atom. The van der Waals surface area contributed by atoms with Crippen LogP contribution in [0.3, 0.4) is 0 Å². The molecule has 1 N–H and O–H groups in total. The molecule has 2 aromatic carbocycles. The summed E-state index contributed by atoms with van der Waals surface area (Å²) in [7, 11) is 1.41. The quantitative estimate of drug-likeness (QED) is 0.614. The third kappa shape index (κ3) is 5.74. The second-order valence-electron chi connectivity index (χ2n) is 5.59. The summed E-state index contributed by atoms with van der Waals surface area (Å²) < 4.78 is 29.3. The molecule has 0 aromatic heterocycles. The van der Waals surface area contributed by atoms with E-state index in [0.717, 1.165) is 12.5 Å². The third-order valence-corrected chi connectivity index (χ3v) is 3.97. The van der Waals surface area contributed by atoms with E-state index in [1.165, 1.54) is 31.4 Å². The van der Waals surface area contributed by atoms with E-state index in [9.17, 15) is 14.0 Å². The van der Waals surface area contributed by atoms with Crippen LogP contribution in [-0.4, -0.2) is 32.2 Å². The topological polar surface area (TPSA) is 73.9 Å². The zero-order valence-corrected chi connectivity index (χ0v) is 16.7. The second-order valence-corrected chi connectivity index (χ2v) is 6.43. The molecule has 6 nitrogen and oxygen atoms in total. The number of nitrogens with one attached hydrogen (secondary N) is 1. The van der Waals surface area contributed by atoms with Crippen LogP contribution in [0.2, 0.25) is 10.0 Å². The standard InChI is InChI=1S/C19H18Cl2FNO5/c1-3-6-27-18-13(21)7-11(8-16(18)26-2)19(25)28-10-17(24)23-15-9-12(20)4-5-14(15)22/h4-5,7-9H,3,6,10H2,1-2H3,(H,23,24). The normalized spacial score (nSPS) is 10.3. The minimum atomic E-state index is -0.802. The van der Waals surface area contributed by atoms with Gasteiger partial charge >= 0.3 is 5.97 Å². The number of benzene rings is 2. The Morgan fingerprint density at radius 3 is 2.61 bits per heavy atom. The number of ether oxygens (including phenoxy) is 3. The Bertz CT molecular complexity index is 876. The maximum atomic E-state index is 13.6. The van der Waals surface area contributed by atoms with E-state index >= 15 is 0 Å². The number of halogens is 3. The van der Waals surface area contributed by atoms with Gasteiger partial charge in [0, 0.05) is 5.02 Å². The lowest BCUT2D eigenvalue weighted by Gasteiger charge is -2.13. The Labute approximate surface area is 171 Å². The number of hydrogen-bond acceptors (Lipinski definition) is 5. The van der Waals surface area contributed by atoms with Gasteiger partial charge in [-0.05, 0) is 36.8 Å². The van der Waals surface area contributed by atoms with Gasteiger partial charge in [-0.3, -0.25) is 4.79 Å². The predicted octanol–water partition coefficient (Wildman–Crippen LogP) is 4.73. The Morgan fingerprint density at radius 2 is 1.93 bits per heavy atom. The van der Waals surface area contributed by atoms with Crippen LogP contribution in [0.5, 0.6) is 11.5 Å². The van der Waals surface area contributed by atoms with Crippen LogP contribution in [0.4, 0.5) is 10.1 Å². The lowest BCUT2D eigenvalue weighted by molar-refractivity contribution is -0.119. The highest BCUT2D eigenvalue weighted by Gasteiger charge is 2.18. The number of carbonyl (C=O) groups excluding carboxylic acids is 2. The minimum absolute atomic E-state index is 0.0763. The number of carbonyl (C=O) groups is 2. The van der Waals surface area contributed by atoms with Crippen LogP contribution >= 0.6 is 23.2 Å². The van der Waals surface area contributed by atoms with Gasteiger partial charge in [0.15, 0.2) is 18.1 Å². The summed E-state index contributed by atoms with van der Waals surface area (Å²) in [6.07, 6.45) is 0.769. The van der Waals surface area contributed by atoms with Crippen molar-refractivity contribution < 1.29 is 28.2 Å². The molecule has 9 heteroatoms. The summed E-state index contributed by atoms with van der Waals surface area (Å²) in [5.41, 5.74) is -0.0388. The average Bonchev–Trinajstić information content (AvgIpc) is 2.67. The maximum absolute atomic E-state index is 13.6. The zero-order chi connectivity index (χ0) is 20.7. The summed E-state index contributed by atoms with van der Waals surface area (Å²) in [5.74, 6) is -1.61. The second kappa shape index (κ2) is 10.1. The van der Waals surface area contributed by atoms with Gasteiger partial charge in [-0.1, -0.05) is 30.1 Å². The molecule has 0 fully saturated rings. The maximum Gasteiger partial charge on any atom is 0.338 e. The van der Waals surface area contributed by atoms with E-state index in [-0.39, 0.29) is 27.0 Å².